The first-order chi connectivity index (χ1) is 16.8. The Hall–Kier alpha value is -4.40. The maximum atomic E-state index is 13.3. The fourth-order valence-electron chi connectivity index (χ4n) is 3.73. The molecule has 0 bridgehead atoms. The van der Waals surface area contributed by atoms with Gasteiger partial charge in [0, 0.05) is 24.0 Å². The molecule has 0 aliphatic heterocycles. The van der Waals surface area contributed by atoms with Gasteiger partial charge in [-0.05, 0) is 53.9 Å². The van der Waals surface area contributed by atoms with Crippen LogP contribution in [0.15, 0.2) is 66.9 Å². The van der Waals surface area contributed by atoms with Crippen LogP contribution in [0, 0.1) is 0 Å². The van der Waals surface area contributed by atoms with Crippen LogP contribution in [0.2, 0.25) is 0 Å². The van der Waals surface area contributed by atoms with Crippen molar-refractivity contribution in [2.45, 2.75) is 32.7 Å². The van der Waals surface area contributed by atoms with Crippen LogP contribution in [-0.2, 0) is 11.3 Å². The maximum absolute atomic E-state index is 13.3. The van der Waals surface area contributed by atoms with Crippen molar-refractivity contribution in [3.63, 3.8) is 0 Å². The molecule has 1 amide bonds. The molecule has 0 fully saturated rings. The van der Waals surface area contributed by atoms with E-state index in [0.29, 0.717) is 34.2 Å². The van der Waals surface area contributed by atoms with Crippen molar-refractivity contribution in [3.05, 3.63) is 83.8 Å². The van der Waals surface area contributed by atoms with Crippen LogP contribution in [0.25, 0.3) is 11.0 Å². The smallest absolute Gasteiger partial charge is 0.305 e. The largest absolute Gasteiger partial charge is 0.481 e. The van der Waals surface area contributed by atoms with Gasteiger partial charge in [-0.1, -0.05) is 32.0 Å². The molecule has 0 radical (unpaired) electrons. The van der Waals surface area contributed by atoms with E-state index in [-0.39, 0.29) is 19.5 Å². The summed E-state index contributed by atoms with van der Waals surface area (Å²) in [6.45, 7) is 4.53. The minimum absolute atomic E-state index is 0.0254. The van der Waals surface area contributed by atoms with Crippen molar-refractivity contribution in [1.82, 2.24) is 14.7 Å². The van der Waals surface area contributed by atoms with Gasteiger partial charge in [0.25, 0.3) is 5.91 Å². The lowest BCUT2D eigenvalue weighted by Gasteiger charge is -2.21. The number of nitrogens with zero attached hydrogens (tertiary/aromatic N) is 4. The lowest BCUT2D eigenvalue weighted by Crippen LogP contribution is -2.33. The van der Waals surface area contributed by atoms with Crippen LogP contribution in [0.3, 0.4) is 0 Å². The average Bonchev–Trinajstić information content (AvgIpc) is 3.18. The Labute approximate surface area is 202 Å². The number of fused-ring (bicyclic) bond motifs is 1. The van der Waals surface area contributed by atoms with E-state index in [1.807, 2.05) is 12.1 Å². The molecule has 0 spiro atoms. The van der Waals surface area contributed by atoms with Crippen LogP contribution < -0.4 is 10.2 Å². The molecule has 4 rings (SSSR count). The summed E-state index contributed by atoms with van der Waals surface area (Å²) >= 11 is 0. The van der Waals surface area contributed by atoms with Crippen LogP contribution in [0.4, 0.5) is 11.5 Å². The highest BCUT2D eigenvalue weighted by Gasteiger charge is 2.21. The van der Waals surface area contributed by atoms with E-state index >= 15 is 0 Å². The number of pyridine rings is 1. The second kappa shape index (κ2) is 10.3. The highest BCUT2D eigenvalue weighted by molar-refractivity contribution is 6.07. The topological polar surface area (TPSA) is 121 Å². The number of nitrogens with one attached hydrogen (secondary N) is 1. The van der Waals surface area contributed by atoms with E-state index in [0.717, 1.165) is 10.4 Å². The van der Waals surface area contributed by atoms with Gasteiger partial charge in [0.2, 0.25) is 0 Å². The number of hydrogen-bond acceptors (Lipinski definition) is 6. The van der Waals surface area contributed by atoms with Crippen molar-refractivity contribution in [3.8, 4) is 0 Å². The third-order valence-corrected chi connectivity index (χ3v) is 5.69. The van der Waals surface area contributed by atoms with Crippen LogP contribution in [0.1, 0.15) is 47.9 Å². The molecule has 0 unspecified atom stereocenters. The molecule has 3 N–H and O–H groups in total. The average molecular weight is 474 g/mol. The predicted molar refractivity (Wildman–Crippen MR) is 133 cm³/mol. The standard InChI is InChI=1S/C26H27N5O4/c1-17(2)18-6-9-20(10-7-18)28-16-24-29-21-15-19(8-11-22(21)31(24)35)26(34)30(14-12-25(32)33)23-5-3-4-13-27-23/h3-11,13,15,17,28,35H,12,14,16H2,1-2H3,(H,32,33). The molecule has 0 aliphatic rings. The Kier molecular flexibility index (Phi) is 6.96. The number of imidazole rings is 1. The summed E-state index contributed by atoms with van der Waals surface area (Å²) in [6, 6.07) is 18.0. The second-order valence-electron chi connectivity index (χ2n) is 8.46. The summed E-state index contributed by atoms with van der Waals surface area (Å²) in [5.74, 6) is -0.210. The molecule has 0 atom stereocenters. The molecule has 0 aliphatic carbocycles. The molecule has 9 heteroatoms. The van der Waals surface area contributed by atoms with Crippen LogP contribution >= 0.6 is 0 Å². The van der Waals surface area contributed by atoms with Crippen molar-refractivity contribution >= 4 is 34.4 Å². The third kappa shape index (κ3) is 5.40. The number of aliphatic carboxylic acids is 1. The Balaban J connectivity index is 1.55. The summed E-state index contributed by atoms with van der Waals surface area (Å²) in [7, 11) is 0. The number of carboxylic acid groups (broad SMARTS) is 1. The maximum Gasteiger partial charge on any atom is 0.305 e. The van der Waals surface area contributed by atoms with Crippen molar-refractivity contribution in [2.24, 2.45) is 0 Å². The van der Waals surface area contributed by atoms with Crippen molar-refractivity contribution < 1.29 is 19.9 Å². The van der Waals surface area contributed by atoms with Crippen molar-refractivity contribution in [1.29, 1.82) is 0 Å². The van der Waals surface area contributed by atoms with Gasteiger partial charge in [0.1, 0.15) is 11.3 Å². The van der Waals surface area contributed by atoms with Crippen molar-refractivity contribution in [2.75, 3.05) is 16.8 Å². The number of rotatable bonds is 9. The molecule has 180 valence electrons. The normalized spacial score (nSPS) is 11.1. The molecule has 2 heterocycles. The number of aromatic nitrogens is 3. The molecule has 2 aromatic heterocycles. The molecule has 0 saturated heterocycles. The number of amides is 1. The van der Waals surface area contributed by atoms with Gasteiger partial charge in [-0.3, -0.25) is 14.5 Å². The summed E-state index contributed by atoms with van der Waals surface area (Å²) in [5.41, 5.74) is 3.37. The van der Waals surface area contributed by atoms with Gasteiger partial charge in [-0.15, -0.1) is 0 Å². The zero-order chi connectivity index (χ0) is 24.9. The lowest BCUT2D eigenvalue weighted by atomic mass is 10.0. The quantitative estimate of drug-likeness (QED) is 0.306. The van der Waals surface area contributed by atoms with E-state index in [9.17, 15) is 14.8 Å². The Bertz CT molecular complexity index is 1330. The Morgan fingerprint density at radius 3 is 2.51 bits per heavy atom. The van der Waals surface area contributed by atoms with Gasteiger partial charge in [-0.2, -0.15) is 4.73 Å². The fourth-order valence-corrected chi connectivity index (χ4v) is 3.73. The monoisotopic (exact) mass is 473 g/mol. The summed E-state index contributed by atoms with van der Waals surface area (Å²) in [5, 5.41) is 22.9. The SMILES string of the molecule is CC(C)c1ccc(NCc2nc3cc(C(=O)N(CCC(=O)O)c4ccccn4)ccc3n2O)cc1. The van der Waals surface area contributed by atoms with E-state index in [2.05, 4.69) is 41.3 Å². The number of carbonyl (C=O) groups is 2. The Morgan fingerprint density at radius 2 is 1.86 bits per heavy atom. The zero-order valence-corrected chi connectivity index (χ0v) is 19.5. The van der Waals surface area contributed by atoms with E-state index in [4.69, 9.17) is 5.11 Å². The van der Waals surface area contributed by atoms with Crippen LogP contribution in [0.5, 0.6) is 0 Å². The highest BCUT2D eigenvalue weighted by Crippen LogP contribution is 2.22. The van der Waals surface area contributed by atoms with Crippen LogP contribution in [-0.4, -0.2) is 43.4 Å². The fraction of sp³-hybridized carbons (Fsp3) is 0.231. The van der Waals surface area contributed by atoms with E-state index in [1.54, 1.807) is 42.6 Å². The van der Waals surface area contributed by atoms with E-state index in [1.165, 1.54) is 10.5 Å². The molecular weight excluding hydrogens is 446 g/mol. The van der Waals surface area contributed by atoms with Gasteiger partial charge >= 0.3 is 5.97 Å². The van der Waals surface area contributed by atoms with Gasteiger partial charge in [-0.25, -0.2) is 9.97 Å². The number of anilines is 2. The molecule has 35 heavy (non-hydrogen) atoms. The number of hydrogen-bond donors (Lipinski definition) is 3. The molecule has 0 saturated carbocycles. The first-order valence-electron chi connectivity index (χ1n) is 11.3. The molecular formula is C26H27N5O4. The minimum atomic E-state index is -1.01. The second-order valence-corrected chi connectivity index (χ2v) is 8.46. The molecule has 9 nitrogen and oxygen atoms in total. The lowest BCUT2D eigenvalue weighted by molar-refractivity contribution is -0.136. The number of carbonyl (C=O) groups excluding carboxylic acids is 1. The third-order valence-electron chi connectivity index (χ3n) is 5.69. The van der Waals surface area contributed by atoms with Gasteiger partial charge < -0.3 is 15.6 Å². The van der Waals surface area contributed by atoms with Gasteiger partial charge in [0.15, 0.2) is 5.82 Å². The molecule has 2 aromatic carbocycles. The molecule has 4 aromatic rings. The van der Waals surface area contributed by atoms with Gasteiger partial charge in [0.05, 0.1) is 18.5 Å². The number of benzene rings is 2. The summed E-state index contributed by atoms with van der Waals surface area (Å²) < 4.78 is 1.00. The minimum Gasteiger partial charge on any atom is -0.481 e. The predicted octanol–water partition coefficient (Wildman–Crippen LogP) is 4.53. The summed E-state index contributed by atoms with van der Waals surface area (Å²) in [4.78, 5) is 34.4. The zero-order valence-electron chi connectivity index (χ0n) is 19.5. The number of carboxylic acids is 1. The highest BCUT2D eigenvalue weighted by atomic mass is 16.5. The summed E-state index contributed by atoms with van der Waals surface area (Å²) in [6.07, 6.45) is 1.33. The Morgan fingerprint density at radius 1 is 1.09 bits per heavy atom. The first-order valence-corrected chi connectivity index (χ1v) is 11.3. The van der Waals surface area contributed by atoms with E-state index < -0.39 is 11.9 Å². The first kappa shape index (κ1) is 23.7.